The molecule has 0 aromatic heterocycles. The molecule has 0 saturated heterocycles. The molecule has 1 aromatic carbocycles. The second kappa shape index (κ2) is 8.02. The van der Waals surface area contributed by atoms with E-state index in [4.69, 9.17) is 16.7 Å². The molecule has 0 fully saturated rings. The van der Waals surface area contributed by atoms with E-state index in [1.165, 1.54) is 0 Å². The number of ketones is 1. The van der Waals surface area contributed by atoms with Crippen molar-refractivity contribution in [2.75, 3.05) is 6.54 Å². The van der Waals surface area contributed by atoms with Gasteiger partial charge in [0.25, 0.3) is 0 Å². The van der Waals surface area contributed by atoms with Crippen molar-refractivity contribution in [2.24, 2.45) is 0 Å². The van der Waals surface area contributed by atoms with E-state index in [0.717, 1.165) is 12.0 Å². The highest BCUT2D eigenvalue weighted by Gasteiger charge is 2.20. The van der Waals surface area contributed by atoms with Gasteiger partial charge in [-0.25, -0.2) is 0 Å². The largest absolute Gasteiger partial charge is 0.481 e. The molecule has 0 heterocycles. The van der Waals surface area contributed by atoms with E-state index in [-0.39, 0.29) is 18.6 Å². The lowest BCUT2D eigenvalue weighted by atomic mass is 9.98. The number of Topliss-reactive ketones (excluding diaryl/α,β-unsaturated/α-hetero) is 1. The molecule has 20 heavy (non-hydrogen) atoms. The summed E-state index contributed by atoms with van der Waals surface area (Å²) in [6.07, 6.45) is 1.14. The van der Waals surface area contributed by atoms with Gasteiger partial charge < -0.3 is 10.4 Å². The van der Waals surface area contributed by atoms with Crippen LogP contribution in [0.4, 0.5) is 0 Å². The zero-order valence-electron chi connectivity index (χ0n) is 11.8. The van der Waals surface area contributed by atoms with E-state index >= 15 is 0 Å². The van der Waals surface area contributed by atoms with Crippen molar-refractivity contribution in [1.82, 2.24) is 5.32 Å². The minimum atomic E-state index is -0.895. The number of carbonyl (C=O) groups excluding carboxylic acids is 1. The third-order valence-corrected chi connectivity index (χ3v) is 3.47. The maximum atomic E-state index is 12.4. The van der Waals surface area contributed by atoms with Crippen LogP contribution in [0.25, 0.3) is 0 Å². The first-order valence-electron chi connectivity index (χ1n) is 6.71. The van der Waals surface area contributed by atoms with Crippen molar-refractivity contribution in [3.8, 4) is 0 Å². The number of hydrogen-bond donors (Lipinski definition) is 2. The van der Waals surface area contributed by atoms with Crippen molar-refractivity contribution in [3.63, 3.8) is 0 Å². The predicted molar refractivity (Wildman–Crippen MR) is 79.5 cm³/mol. The van der Waals surface area contributed by atoms with Crippen LogP contribution < -0.4 is 5.32 Å². The van der Waals surface area contributed by atoms with Gasteiger partial charge in [0.2, 0.25) is 0 Å². The molecule has 0 amide bonds. The molecule has 0 aliphatic rings. The number of rotatable bonds is 8. The summed E-state index contributed by atoms with van der Waals surface area (Å²) in [5, 5.41) is 12.5. The Balaban J connectivity index is 2.84. The van der Waals surface area contributed by atoms with Gasteiger partial charge in [-0.3, -0.25) is 9.59 Å². The molecule has 4 nitrogen and oxygen atoms in total. The number of carboxylic acids is 1. The van der Waals surface area contributed by atoms with Gasteiger partial charge in [-0.2, -0.15) is 0 Å². The van der Waals surface area contributed by atoms with Gasteiger partial charge >= 0.3 is 5.97 Å². The molecule has 0 aliphatic carbocycles. The maximum absolute atomic E-state index is 12.4. The Morgan fingerprint density at radius 3 is 2.65 bits per heavy atom. The van der Waals surface area contributed by atoms with Crippen LogP contribution in [0.2, 0.25) is 5.02 Å². The summed E-state index contributed by atoms with van der Waals surface area (Å²) in [6.45, 7) is 4.52. The van der Waals surface area contributed by atoms with Gasteiger partial charge in [-0.05, 0) is 50.1 Å². The van der Waals surface area contributed by atoms with E-state index < -0.39 is 12.0 Å². The van der Waals surface area contributed by atoms with Crippen LogP contribution in [0.5, 0.6) is 0 Å². The van der Waals surface area contributed by atoms with Crippen LogP contribution >= 0.6 is 11.6 Å². The Bertz CT molecular complexity index is 488. The number of halogens is 1. The first kappa shape index (κ1) is 16.7. The Labute approximate surface area is 124 Å². The first-order chi connectivity index (χ1) is 9.45. The third-order valence-electron chi connectivity index (χ3n) is 3.05. The summed E-state index contributed by atoms with van der Waals surface area (Å²) in [6, 6.07) is 4.65. The molecule has 1 aromatic rings. The summed E-state index contributed by atoms with van der Waals surface area (Å²) < 4.78 is 0. The Hall–Kier alpha value is -1.39. The zero-order chi connectivity index (χ0) is 15.1. The summed E-state index contributed by atoms with van der Waals surface area (Å²) in [5.41, 5.74) is 1.40. The normalized spacial score (nSPS) is 12.2. The van der Waals surface area contributed by atoms with E-state index in [2.05, 4.69) is 5.32 Å². The molecule has 1 unspecified atom stereocenters. The van der Waals surface area contributed by atoms with Crippen LogP contribution in [-0.4, -0.2) is 29.4 Å². The molecule has 0 radical (unpaired) electrons. The number of carboxylic acid groups (broad SMARTS) is 1. The summed E-state index contributed by atoms with van der Waals surface area (Å²) in [4.78, 5) is 23.1. The Morgan fingerprint density at radius 2 is 2.10 bits per heavy atom. The molecule has 0 spiro atoms. The van der Waals surface area contributed by atoms with Gasteiger partial charge in [0.15, 0.2) is 5.78 Å². The third kappa shape index (κ3) is 4.94. The molecule has 0 saturated carbocycles. The lowest BCUT2D eigenvalue weighted by molar-refractivity contribution is -0.137. The summed E-state index contributed by atoms with van der Waals surface area (Å²) in [7, 11) is 0. The Morgan fingerprint density at radius 1 is 1.40 bits per heavy atom. The molecule has 0 bridgehead atoms. The van der Waals surface area contributed by atoms with Crippen molar-refractivity contribution < 1.29 is 14.7 Å². The fourth-order valence-corrected chi connectivity index (χ4v) is 2.03. The second-order valence-electron chi connectivity index (χ2n) is 4.77. The smallest absolute Gasteiger partial charge is 0.303 e. The number of aliphatic carboxylic acids is 1. The minimum absolute atomic E-state index is 0.0281. The highest BCUT2D eigenvalue weighted by Crippen LogP contribution is 2.18. The van der Waals surface area contributed by atoms with Gasteiger partial charge in [0.05, 0.1) is 6.04 Å². The predicted octanol–water partition coefficient (Wildman–Crippen LogP) is 3.06. The van der Waals surface area contributed by atoms with Gasteiger partial charge in [0, 0.05) is 17.0 Å². The second-order valence-corrected chi connectivity index (χ2v) is 5.17. The number of carbonyl (C=O) groups is 2. The number of hydrogen-bond acceptors (Lipinski definition) is 3. The molecule has 110 valence electrons. The SMILES string of the molecule is CCCNC(CCC(=O)O)C(=O)c1ccc(Cl)c(C)c1. The van der Waals surface area contributed by atoms with Crippen molar-refractivity contribution in [2.45, 2.75) is 39.2 Å². The molecular weight excluding hydrogens is 278 g/mol. The summed E-state index contributed by atoms with van der Waals surface area (Å²) in [5.74, 6) is -0.979. The zero-order valence-corrected chi connectivity index (χ0v) is 12.5. The average Bonchev–Trinajstić information content (AvgIpc) is 2.41. The van der Waals surface area contributed by atoms with E-state index in [0.29, 0.717) is 17.1 Å². The minimum Gasteiger partial charge on any atom is -0.481 e. The molecule has 5 heteroatoms. The highest BCUT2D eigenvalue weighted by molar-refractivity contribution is 6.31. The molecule has 2 N–H and O–H groups in total. The Kier molecular flexibility index (Phi) is 6.68. The molecule has 0 aliphatic heterocycles. The fraction of sp³-hybridized carbons (Fsp3) is 0.467. The van der Waals surface area contributed by atoms with Gasteiger partial charge in [-0.1, -0.05) is 18.5 Å². The maximum Gasteiger partial charge on any atom is 0.303 e. The van der Waals surface area contributed by atoms with Gasteiger partial charge in [0.1, 0.15) is 0 Å². The van der Waals surface area contributed by atoms with Crippen molar-refractivity contribution in [3.05, 3.63) is 34.3 Å². The van der Waals surface area contributed by atoms with Crippen molar-refractivity contribution in [1.29, 1.82) is 0 Å². The lowest BCUT2D eigenvalue weighted by Crippen LogP contribution is -2.37. The average molecular weight is 298 g/mol. The lowest BCUT2D eigenvalue weighted by Gasteiger charge is -2.17. The first-order valence-corrected chi connectivity index (χ1v) is 7.09. The van der Waals surface area contributed by atoms with Crippen molar-refractivity contribution >= 4 is 23.4 Å². The monoisotopic (exact) mass is 297 g/mol. The van der Waals surface area contributed by atoms with Crippen LogP contribution in [0, 0.1) is 6.92 Å². The van der Waals surface area contributed by atoms with E-state index in [9.17, 15) is 9.59 Å². The summed E-state index contributed by atoms with van der Waals surface area (Å²) >= 11 is 5.95. The van der Waals surface area contributed by atoms with Crippen LogP contribution in [0.15, 0.2) is 18.2 Å². The van der Waals surface area contributed by atoms with Crippen LogP contribution in [0.1, 0.15) is 42.1 Å². The number of benzene rings is 1. The topological polar surface area (TPSA) is 66.4 Å². The van der Waals surface area contributed by atoms with Gasteiger partial charge in [-0.15, -0.1) is 0 Å². The fourth-order valence-electron chi connectivity index (χ4n) is 1.91. The standard InChI is InChI=1S/C15H20ClNO3/c1-3-8-17-13(6-7-14(18)19)15(20)11-4-5-12(16)10(2)9-11/h4-5,9,13,17H,3,6-8H2,1-2H3,(H,18,19). The molecule has 1 rings (SSSR count). The quantitative estimate of drug-likeness (QED) is 0.724. The molecular formula is C15H20ClNO3. The van der Waals surface area contributed by atoms with E-state index in [1.54, 1.807) is 18.2 Å². The number of aryl methyl sites for hydroxylation is 1. The van der Waals surface area contributed by atoms with E-state index in [1.807, 2.05) is 13.8 Å². The molecule has 1 atom stereocenters. The van der Waals surface area contributed by atoms with Crippen LogP contribution in [-0.2, 0) is 4.79 Å². The van der Waals surface area contributed by atoms with Crippen LogP contribution in [0.3, 0.4) is 0 Å². The number of nitrogens with one attached hydrogen (secondary N) is 1. The highest BCUT2D eigenvalue weighted by atomic mass is 35.5.